The van der Waals surface area contributed by atoms with Crippen LogP contribution < -0.4 is 16.0 Å². The lowest BCUT2D eigenvalue weighted by Gasteiger charge is -2.24. The van der Waals surface area contributed by atoms with E-state index in [2.05, 4.69) is 20.2 Å². The first kappa shape index (κ1) is 14.9. The van der Waals surface area contributed by atoms with Gasteiger partial charge in [0.25, 0.3) is 5.91 Å². The Hall–Kier alpha value is -1.50. The molecule has 1 fully saturated rings. The number of hydrogen-bond donors (Lipinski definition) is 2. The summed E-state index contributed by atoms with van der Waals surface area (Å²) in [6.07, 6.45) is 6.60. The number of amides is 1. The van der Waals surface area contributed by atoms with Crippen LogP contribution in [0.1, 0.15) is 36.0 Å². The van der Waals surface area contributed by atoms with Crippen molar-refractivity contribution in [2.45, 2.75) is 30.8 Å². The van der Waals surface area contributed by atoms with Crippen molar-refractivity contribution in [3.05, 3.63) is 5.56 Å². The first-order chi connectivity index (χ1) is 9.67. The molecule has 0 unspecified atom stereocenters. The number of nitrogens with one attached hydrogen (secondary N) is 1. The molecule has 1 aromatic rings. The summed E-state index contributed by atoms with van der Waals surface area (Å²) in [5.41, 5.74) is 5.93. The van der Waals surface area contributed by atoms with Crippen LogP contribution in [-0.4, -0.2) is 42.3 Å². The Morgan fingerprint density at radius 1 is 1.25 bits per heavy atom. The third-order valence-electron chi connectivity index (χ3n) is 3.44. The molecule has 1 aromatic heterocycles. The zero-order valence-electron chi connectivity index (χ0n) is 12.0. The molecule has 0 atom stereocenters. The van der Waals surface area contributed by atoms with Gasteiger partial charge in [-0.15, -0.1) is 0 Å². The van der Waals surface area contributed by atoms with Crippen LogP contribution in [0.4, 0.5) is 11.6 Å². The van der Waals surface area contributed by atoms with E-state index in [0.29, 0.717) is 22.4 Å². The number of rotatable bonds is 4. The number of anilines is 2. The van der Waals surface area contributed by atoms with Crippen molar-refractivity contribution in [1.29, 1.82) is 0 Å². The molecule has 0 bridgehead atoms. The number of hydrogen-bond acceptors (Lipinski definition) is 6. The summed E-state index contributed by atoms with van der Waals surface area (Å²) in [6, 6.07) is 0. The van der Waals surface area contributed by atoms with Crippen molar-refractivity contribution in [1.82, 2.24) is 9.97 Å². The van der Waals surface area contributed by atoms with Gasteiger partial charge in [0.2, 0.25) is 0 Å². The zero-order chi connectivity index (χ0) is 14.5. The quantitative estimate of drug-likeness (QED) is 0.650. The summed E-state index contributed by atoms with van der Waals surface area (Å²) >= 11 is 1.46. The van der Waals surface area contributed by atoms with Gasteiger partial charge in [-0.05, 0) is 19.1 Å². The van der Waals surface area contributed by atoms with Gasteiger partial charge in [0.1, 0.15) is 17.2 Å². The maximum Gasteiger partial charge on any atom is 0.256 e. The van der Waals surface area contributed by atoms with Crippen LogP contribution in [-0.2, 0) is 0 Å². The minimum atomic E-state index is -0.485. The van der Waals surface area contributed by atoms with E-state index < -0.39 is 5.91 Å². The van der Waals surface area contributed by atoms with Crippen molar-refractivity contribution in [3.8, 4) is 0 Å². The van der Waals surface area contributed by atoms with Gasteiger partial charge < -0.3 is 16.0 Å². The number of thioether (sulfide) groups is 1. The first-order valence-corrected chi connectivity index (χ1v) is 8.08. The van der Waals surface area contributed by atoms with Gasteiger partial charge in [-0.2, -0.15) is 0 Å². The summed E-state index contributed by atoms with van der Waals surface area (Å²) in [5.74, 6) is 0.695. The summed E-state index contributed by atoms with van der Waals surface area (Å²) in [4.78, 5) is 22.8. The Morgan fingerprint density at radius 3 is 2.40 bits per heavy atom. The van der Waals surface area contributed by atoms with Gasteiger partial charge in [0.05, 0.1) is 0 Å². The fraction of sp³-hybridized carbons (Fsp3) is 0.615. The van der Waals surface area contributed by atoms with Gasteiger partial charge in [-0.1, -0.05) is 24.6 Å². The van der Waals surface area contributed by atoms with E-state index in [1.54, 1.807) is 7.05 Å². The molecule has 0 radical (unpaired) electrons. The molecule has 6 nitrogen and oxygen atoms in total. The van der Waals surface area contributed by atoms with Crippen molar-refractivity contribution in [2.24, 2.45) is 5.73 Å². The van der Waals surface area contributed by atoms with Crippen molar-refractivity contribution >= 4 is 29.3 Å². The predicted molar refractivity (Wildman–Crippen MR) is 82.6 cm³/mol. The number of nitrogens with zero attached hydrogens (tertiary/aromatic N) is 3. The Labute approximate surface area is 123 Å². The molecule has 1 amide bonds. The van der Waals surface area contributed by atoms with Crippen molar-refractivity contribution in [3.63, 3.8) is 0 Å². The summed E-state index contributed by atoms with van der Waals surface area (Å²) in [7, 11) is 1.74. The highest BCUT2D eigenvalue weighted by molar-refractivity contribution is 7.98. The van der Waals surface area contributed by atoms with E-state index in [9.17, 15) is 4.79 Å². The van der Waals surface area contributed by atoms with E-state index in [-0.39, 0.29) is 0 Å². The highest BCUT2D eigenvalue weighted by Gasteiger charge is 2.23. The second-order valence-electron chi connectivity index (χ2n) is 4.77. The van der Waals surface area contributed by atoms with Crippen LogP contribution in [0, 0.1) is 0 Å². The molecule has 0 spiro atoms. The van der Waals surface area contributed by atoms with E-state index in [1.807, 2.05) is 6.26 Å². The molecule has 1 aliphatic rings. The molecule has 7 heteroatoms. The number of carbonyl (C=O) groups is 1. The van der Waals surface area contributed by atoms with Crippen LogP contribution in [0.5, 0.6) is 0 Å². The smallest absolute Gasteiger partial charge is 0.256 e. The van der Waals surface area contributed by atoms with E-state index in [0.717, 1.165) is 25.9 Å². The predicted octanol–water partition coefficient (Wildman–Crippen LogP) is 1.72. The Morgan fingerprint density at radius 2 is 1.90 bits per heavy atom. The Balaban J connectivity index is 2.49. The summed E-state index contributed by atoms with van der Waals surface area (Å²) in [5, 5.41) is 3.61. The number of aromatic nitrogens is 2. The van der Waals surface area contributed by atoms with Crippen LogP contribution in [0.25, 0.3) is 0 Å². The maximum atomic E-state index is 11.8. The highest BCUT2D eigenvalue weighted by Crippen LogP contribution is 2.28. The van der Waals surface area contributed by atoms with Gasteiger partial charge in [-0.3, -0.25) is 4.79 Å². The number of primary amides is 1. The van der Waals surface area contributed by atoms with Gasteiger partial charge in [0.15, 0.2) is 5.16 Å². The zero-order valence-corrected chi connectivity index (χ0v) is 12.8. The normalized spacial score (nSPS) is 15.8. The standard InChI is InChI=1S/C13H21N5OS/c1-15-11-9(10(14)19)12(17-13(16-11)20-2)18-7-5-3-4-6-8-18/h3-8H2,1-2H3,(H2,14,19)(H,15,16,17). The molecular weight excluding hydrogens is 274 g/mol. The van der Waals surface area contributed by atoms with Crippen molar-refractivity contribution < 1.29 is 4.79 Å². The van der Waals surface area contributed by atoms with Crippen LogP contribution >= 0.6 is 11.8 Å². The second-order valence-corrected chi connectivity index (χ2v) is 5.55. The minimum absolute atomic E-state index is 0.396. The SMILES string of the molecule is CNc1nc(SC)nc(N2CCCCCC2)c1C(N)=O. The molecule has 3 N–H and O–H groups in total. The lowest BCUT2D eigenvalue weighted by atomic mass is 10.2. The summed E-state index contributed by atoms with van der Waals surface area (Å²) < 4.78 is 0. The molecule has 110 valence electrons. The monoisotopic (exact) mass is 295 g/mol. The molecule has 0 aliphatic carbocycles. The van der Waals surface area contributed by atoms with Crippen LogP contribution in [0.3, 0.4) is 0 Å². The van der Waals surface area contributed by atoms with Gasteiger partial charge in [-0.25, -0.2) is 9.97 Å². The topological polar surface area (TPSA) is 84.1 Å². The summed E-state index contributed by atoms with van der Waals surface area (Å²) in [6.45, 7) is 1.82. The largest absolute Gasteiger partial charge is 0.372 e. The lowest BCUT2D eigenvalue weighted by molar-refractivity contribution is 0.100. The first-order valence-electron chi connectivity index (χ1n) is 6.86. The minimum Gasteiger partial charge on any atom is -0.372 e. The van der Waals surface area contributed by atoms with Gasteiger partial charge in [0, 0.05) is 20.1 Å². The second kappa shape index (κ2) is 6.78. The number of nitrogens with two attached hydrogens (primary N) is 1. The molecule has 20 heavy (non-hydrogen) atoms. The molecular formula is C13H21N5OS. The Kier molecular flexibility index (Phi) is 5.05. The van der Waals surface area contributed by atoms with Crippen molar-refractivity contribution in [2.75, 3.05) is 36.6 Å². The molecule has 2 rings (SSSR count). The third-order valence-corrected chi connectivity index (χ3v) is 3.99. The maximum absolute atomic E-state index is 11.8. The fourth-order valence-electron chi connectivity index (χ4n) is 2.44. The van der Waals surface area contributed by atoms with E-state index in [1.165, 1.54) is 24.6 Å². The van der Waals surface area contributed by atoms with Crippen LogP contribution in [0.15, 0.2) is 5.16 Å². The van der Waals surface area contributed by atoms with E-state index >= 15 is 0 Å². The molecule has 1 aliphatic heterocycles. The lowest BCUT2D eigenvalue weighted by Crippen LogP contribution is -2.29. The average molecular weight is 295 g/mol. The van der Waals surface area contributed by atoms with Gasteiger partial charge >= 0.3 is 0 Å². The van der Waals surface area contributed by atoms with E-state index in [4.69, 9.17) is 5.73 Å². The Bertz CT molecular complexity index is 486. The molecule has 1 saturated heterocycles. The number of carbonyl (C=O) groups excluding carboxylic acids is 1. The third kappa shape index (κ3) is 3.15. The highest BCUT2D eigenvalue weighted by atomic mass is 32.2. The molecule has 0 aromatic carbocycles. The fourth-order valence-corrected chi connectivity index (χ4v) is 2.80. The van der Waals surface area contributed by atoms with Crippen LogP contribution in [0.2, 0.25) is 0 Å². The molecule has 0 saturated carbocycles. The average Bonchev–Trinajstić information content (AvgIpc) is 2.74. The molecule has 2 heterocycles.